The van der Waals surface area contributed by atoms with Crippen LogP contribution in [0.3, 0.4) is 0 Å². The smallest absolute Gasteiger partial charge is 0.341 e. The minimum absolute atomic E-state index is 0.0814. The Bertz CT molecular complexity index is 699. The number of hydrogen-bond donors (Lipinski definition) is 0. The Balaban J connectivity index is 1.99. The molecule has 0 amide bonds. The average molecular weight is 297 g/mol. The Morgan fingerprint density at radius 2 is 2.05 bits per heavy atom. The Labute approximate surface area is 130 Å². The Morgan fingerprint density at radius 1 is 1.36 bits per heavy atom. The predicted octanol–water partition coefficient (Wildman–Crippen LogP) is 2.58. The van der Waals surface area contributed by atoms with Gasteiger partial charge in [0.25, 0.3) is 0 Å². The minimum Gasteiger partial charge on any atom is -0.461 e. The van der Waals surface area contributed by atoms with E-state index in [1.807, 2.05) is 37.3 Å². The summed E-state index contributed by atoms with van der Waals surface area (Å²) >= 11 is 0. The summed E-state index contributed by atoms with van der Waals surface area (Å²) in [5, 5.41) is 13.4. The molecule has 0 radical (unpaired) electrons. The highest BCUT2D eigenvalue weighted by atomic mass is 16.5. The van der Waals surface area contributed by atoms with E-state index in [0.717, 1.165) is 11.3 Å². The number of aryl methyl sites for hydroxylation is 2. The van der Waals surface area contributed by atoms with Crippen LogP contribution >= 0.6 is 0 Å². The molecule has 5 heteroatoms. The van der Waals surface area contributed by atoms with Crippen molar-refractivity contribution in [3.05, 3.63) is 52.8 Å². The van der Waals surface area contributed by atoms with Crippen molar-refractivity contribution >= 4 is 5.97 Å². The summed E-state index contributed by atoms with van der Waals surface area (Å²) in [6, 6.07) is 11.9. The van der Waals surface area contributed by atoms with Gasteiger partial charge in [-0.1, -0.05) is 30.3 Å². The fourth-order valence-electron chi connectivity index (χ4n) is 2.36. The SMILES string of the molecule is Cc1nn(C)c(C)c1C(=O)OCC(C#N)Cc1ccccc1. The van der Waals surface area contributed by atoms with Crippen molar-refractivity contribution in [2.24, 2.45) is 13.0 Å². The van der Waals surface area contributed by atoms with Crippen molar-refractivity contribution in [2.75, 3.05) is 6.61 Å². The monoisotopic (exact) mass is 297 g/mol. The van der Waals surface area contributed by atoms with E-state index in [1.54, 1.807) is 18.7 Å². The van der Waals surface area contributed by atoms with Gasteiger partial charge in [-0.2, -0.15) is 10.4 Å². The Kier molecular flexibility index (Phi) is 4.95. The number of rotatable bonds is 5. The molecule has 0 aliphatic heterocycles. The molecule has 0 spiro atoms. The van der Waals surface area contributed by atoms with Crippen LogP contribution in [0.5, 0.6) is 0 Å². The number of nitrogens with zero attached hydrogens (tertiary/aromatic N) is 3. The molecule has 5 nitrogen and oxygen atoms in total. The second-order valence-corrected chi connectivity index (χ2v) is 5.28. The summed E-state index contributed by atoms with van der Waals surface area (Å²) in [7, 11) is 1.78. The molecule has 0 N–H and O–H groups in total. The number of esters is 1. The first kappa shape index (κ1) is 15.8. The second-order valence-electron chi connectivity index (χ2n) is 5.28. The second kappa shape index (κ2) is 6.90. The van der Waals surface area contributed by atoms with Gasteiger partial charge < -0.3 is 4.74 Å². The van der Waals surface area contributed by atoms with Gasteiger partial charge in [0.05, 0.1) is 17.7 Å². The molecule has 2 aromatic rings. The van der Waals surface area contributed by atoms with E-state index in [2.05, 4.69) is 11.2 Å². The fraction of sp³-hybridized carbons (Fsp3) is 0.353. The Hall–Kier alpha value is -2.61. The highest BCUT2D eigenvalue weighted by Gasteiger charge is 2.20. The van der Waals surface area contributed by atoms with Crippen LogP contribution in [0.15, 0.2) is 30.3 Å². The summed E-state index contributed by atoms with van der Waals surface area (Å²) in [6.45, 7) is 3.68. The van der Waals surface area contributed by atoms with Gasteiger partial charge in [0.2, 0.25) is 0 Å². The first-order valence-corrected chi connectivity index (χ1v) is 7.13. The minimum atomic E-state index is -0.420. The molecule has 1 aromatic carbocycles. The van der Waals surface area contributed by atoms with Gasteiger partial charge in [-0.3, -0.25) is 4.68 Å². The molecule has 114 valence electrons. The molecule has 1 atom stereocenters. The lowest BCUT2D eigenvalue weighted by molar-refractivity contribution is 0.0466. The molecule has 1 aromatic heterocycles. The molecule has 0 fully saturated rings. The lowest BCUT2D eigenvalue weighted by atomic mass is 10.0. The van der Waals surface area contributed by atoms with Crippen molar-refractivity contribution in [3.8, 4) is 6.07 Å². The number of benzene rings is 1. The molecular formula is C17H19N3O2. The topological polar surface area (TPSA) is 67.9 Å². The van der Waals surface area contributed by atoms with Crippen LogP contribution in [0.1, 0.15) is 27.3 Å². The summed E-state index contributed by atoms with van der Waals surface area (Å²) < 4.78 is 6.96. The number of nitriles is 1. The van der Waals surface area contributed by atoms with Gasteiger partial charge in [-0.25, -0.2) is 4.79 Å². The molecule has 0 bridgehead atoms. The molecule has 2 rings (SSSR count). The van der Waals surface area contributed by atoms with Crippen molar-refractivity contribution in [2.45, 2.75) is 20.3 Å². The molecule has 1 heterocycles. The predicted molar refractivity (Wildman–Crippen MR) is 82.2 cm³/mol. The maximum atomic E-state index is 12.2. The third-order valence-electron chi connectivity index (χ3n) is 3.64. The highest BCUT2D eigenvalue weighted by molar-refractivity contribution is 5.91. The molecule has 22 heavy (non-hydrogen) atoms. The first-order chi connectivity index (χ1) is 10.5. The zero-order valence-corrected chi connectivity index (χ0v) is 13.0. The van der Waals surface area contributed by atoms with Gasteiger partial charge >= 0.3 is 5.97 Å². The Morgan fingerprint density at radius 3 is 2.59 bits per heavy atom. The molecule has 1 unspecified atom stereocenters. The van der Waals surface area contributed by atoms with Crippen molar-refractivity contribution in [3.63, 3.8) is 0 Å². The third-order valence-corrected chi connectivity index (χ3v) is 3.64. The maximum absolute atomic E-state index is 12.2. The van der Waals surface area contributed by atoms with Crippen molar-refractivity contribution in [1.29, 1.82) is 5.26 Å². The zero-order valence-electron chi connectivity index (χ0n) is 13.0. The number of carbonyl (C=O) groups is 1. The standard InChI is InChI=1S/C17H19N3O2/c1-12-16(13(2)20(3)19-12)17(21)22-11-15(10-18)9-14-7-5-4-6-8-14/h4-8,15H,9,11H2,1-3H3. The summed E-state index contributed by atoms with van der Waals surface area (Å²) in [5.74, 6) is -0.778. The van der Waals surface area contributed by atoms with Crippen LogP contribution in [0.4, 0.5) is 0 Å². The third kappa shape index (κ3) is 3.53. The quantitative estimate of drug-likeness (QED) is 0.795. The average Bonchev–Trinajstić information content (AvgIpc) is 2.77. The van der Waals surface area contributed by atoms with Crippen LogP contribution in [-0.2, 0) is 18.2 Å². The van der Waals surface area contributed by atoms with Crippen LogP contribution in [0.2, 0.25) is 0 Å². The number of aromatic nitrogens is 2. The van der Waals surface area contributed by atoms with E-state index in [1.165, 1.54) is 0 Å². The first-order valence-electron chi connectivity index (χ1n) is 7.13. The molecule has 0 aliphatic carbocycles. The van der Waals surface area contributed by atoms with E-state index in [-0.39, 0.29) is 12.5 Å². The van der Waals surface area contributed by atoms with Crippen molar-refractivity contribution < 1.29 is 9.53 Å². The molecule has 0 aliphatic rings. The van der Waals surface area contributed by atoms with E-state index in [4.69, 9.17) is 4.74 Å². The van der Waals surface area contributed by atoms with Gasteiger partial charge in [0.15, 0.2) is 0 Å². The zero-order chi connectivity index (χ0) is 16.1. The molecule has 0 saturated heterocycles. The molecular weight excluding hydrogens is 278 g/mol. The van der Waals surface area contributed by atoms with E-state index >= 15 is 0 Å². The summed E-state index contributed by atoms with van der Waals surface area (Å²) in [6.07, 6.45) is 0.565. The van der Waals surface area contributed by atoms with Crippen LogP contribution in [-0.4, -0.2) is 22.4 Å². The number of hydrogen-bond acceptors (Lipinski definition) is 4. The number of ether oxygens (including phenoxy) is 1. The van der Waals surface area contributed by atoms with Crippen LogP contribution in [0, 0.1) is 31.1 Å². The van der Waals surface area contributed by atoms with Gasteiger partial charge in [-0.15, -0.1) is 0 Å². The van der Waals surface area contributed by atoms with Gasteiger partial charge in [-0.05, 0) is 25.8 Å². The van der Waals surface area contributed by atoms with Gasteiger partial charge in [0.1, 0.15) is 12.2 Å². The largest absolute Gasteiger partial charge is 0.461 e. The van der Waals surface area contributed by atoms with E-state index < -0.39 is 5.97 Å². The molecule has 0 saturated carbocycles. The highest BCUT2D eigenvalue weighted by Crippen LogP contribution is 2.15. The van der Waals surface area contributed by atoms with Crippen molar-refractivity contribution in [1.82, 2.24) is 9.78 Å². The lowest BCUT2D eigenvalue weighted by Crippen LogP contribution is -2.16. The van der Waals surface area contributed by atoms with Gasteiger partial charge in [0, 0.05) is 12.7 Å². The van der Waals surface area contributed by atoms with Crippen LogP contribution in [0.25, 0.3) is 0 Å². The normalized spacial score (nSPS) is 11.7. The fourth-order valence-corrected chi connectivity index (χ4v) is 2.36. The van der Waals surface area contributed by atoms with E-state index in [9.17, 15) is 10.1 Å². The maximum Gasteiger partial charge on any atom is 0.341 e. The number of carbonyl (C=O) groups excluding carboxylic acids is 1. The lowest BCUT2D eigenvalue weighted by Gasteiger charge is -2.10. The summed E-state index contributed by atoms with van der Waals surface area (Å²) in [5.41, 5.74) is 2.94. The van der Waals surface area contributed by atoms with E-state index in [0.29, 0.717) is 17.7 Å². The van der Waals surface area contributed by atoms with Crippen LogP contribution < -0.4 is 0 Å². The summed E-state index contributed by atoms with van der Waals surface area (Å²) in [4.78, 5) is 12.2.